The molecule has 0 unspecified atom stereocenters. The number of halogens is 2. The van der Waals surface area contributed by atoms with Crippen molar-refractivity contribution in [3.8, 4) is 0 Å². The van der Waals surface area contributed by atoms with Crippen molar-refractivity contribution in [2.75, 3.05) is 19.6 Å². The van der Waals surface area contributed by atoms with E-state index in [-0.39, 0.29) is 0 Å². The molecule has 0 radical (unpaired) electrons. The molecule has 24 heavy (non-hydrogen) atoms. The summed E-state index contributed by atoms with van der Waals surface area (Å²) in [5, 5.41) is 7.60. The van der Waals surface area contributed by atoms with Crippen molar-refractivity contribution in [3.05, 3.63) is 74.7 Å². The van der Waals surface area contributed by atoms with Crippen molar-refractivity contribution in [2.24, 2.45) is 5.92 Å². The lowest BCUT2D eigenvalue weighted by molar-refractivity contribution is 0.331. The van der Waals surface area contributed by atoms with E-state index in [0.717, 1.165) is 53.6 Å². The lowest BCUT2D eigenvalue weighted by Gasteiger charge is -2.27. The molecule has 0 bridgehead atoms. The lowest BCUT2D eigenvalue weighted by Crippen LogP contribution is -2.47. The van der Waals surface area contributed by atoms with Crippen molar-refractivity contribution in [1.82, 2.24) is 10.6 Å². The summed E-state index contributed by atoms with van der Waals surface area (Å²) in [4.78, 5) is 0. The molecule has 1 fully saturated rings. The Morgan fingerprint density at radius 1 is 1.17 bits per heavy atom. The van der Waals surface area contributed by atoms with Gasteiger partial charge in [-0.15, -0.1) is 0 Å². The number of benzene rings is 2. The maximum atomic E-state index is 5.97. The second-order valence-electron chi connectivity index (χ2n) is 6.25. The molecule has 0 atom stereocenters. The Morgan fingerprint density at radius 2 is 2.00 bits per heavy atom. The molecule has 1 aliphatic heterocycles. The monoisotopic (exact) mass is 404 g/mol. The van der Waals surface area contributed by atoms with Gasteiger partial charge in [-0.25, -0.2) is 0 Å². The van der Waals surface area contributed by atoms with E-state index in [9.17, 15) is 0 Å². The molecule has 1 saturated heterocycles. The fourth-order valence-electron chi connectivity index (χ4n) is 2.74. The van der Waals surface area contributed by atoms with Gasteiger partial charge in [0.25, 0.3) is 0 Å². The van der Waals surface area contributed by atoms with Crippen molar-refractivity contribution in [1.29, 1.82) is 0 Å². The Hall–Kier alpha value is -1.13. The van der Waals surface area contributed by atoms with Crippen LogP contribution in [0.3, 0.4) is 0 Å². The minimum atomic E-state index is 0.747. The number of hydrogen-bond acceptors (Lipinski definition) is 2. The first-order valence-electron chi connectivity index (χ1n) is 8.31. The van der Waals surface area contributed by atoms with Crippen LogP contribution in [-0.2, 0) is 13.0 Å². The predicted octanol–water partition coefficient (Wildman–Crippen LogP) is 4.67. The second kappa shape index (κ2) is 8.82. The Balaban J connectivity index is 1.52. The van der Waals surface area contributed by atoms with Crippen molar-refractivity contribution >= 4 is 33.6 Å². The van der Waals surface area contributed by atoms with E-state index in [1.54, 1.807) is 0 Å². The first kappa shape index (κ1) is 17.7. The second-order valence-corrected chi connectivity index (χ2v) is 7.54. The quantitative estimate of drug-likeness (QED) is 0.699. The molecule has 3 rings (SSSR count). The summed E-state index contributed by atoms with van der Waals surface area (Å²) in [5.74, 6) is 0.800. The molecule has 0 aliphatic carbocycles. The first-order chi connectivity index (χ1) is 11.7. The summed E-state index contributed by atoms with van der Waals surface area (Å²) in [6, 6.07) is 14.7. The lowest BCUT2D eigenvalue weighted by atomic mass is 10.0. The highest BCUT2D eigenvalue weighted by Gasteiger charge is 2.15. The third-order valence-electron chi connectivity index (χ3n) is 4.23. The highest BCUT2D eigenvalue weighted by molar-refractivity contribution is 9.10. The molecular weight excluding hydrogens is 384 g/mol. The fraction of sp³-hybridized carbons (Fsp3) is 0.300. The van der Waals surface area contributed by atoms with Crippen LogP contribution >= 0.6 is 27.5 Å². The van der Waals surface area contributed by atoms with E-state index < -0.39 is 0 Å². The third-order valence-corrected chi connectivity index (χ3v) is 5.15. The summed E-state index contributed by atoms with van der Waals surface area (Å²) < 4.78 is 1.02. The van der Waals surface area contributed by atoms with Gasteiger partial charge in [-0.3, -0.25) is 0 Å². The minimum absolute atomic E-state index is 0.747. The van der Waals surface area contributed by atoms with Gasteiger partial charge >= 0.3 is 0 Å². The molecule has 0 spiro atoms. The number of rotatable bonds is 7. The van der Waals surface area contributed by atoms with Crippen LogP contribution in [0.5, 0.6) is 0 Å². The molecule has 2 N–H and O–H groups in total. The largest absolute Gasteiger partial charge is 0.316 e. The van der Waals surface area contributed by atoms with Crippen LogP contribution in [0.25, 0.3) is 6.08 Å². The minimum Gasteiger partial charge on any atom is -0.316 e. The predicted molar refractivity (Wildman–Crippen MR) is 106 cm³/mol. The maximum absolute atomic E-state index is 5.97. The van der Waals surface area contributed by atoms with Gasteiger partial charge in [0.15, 0.2) is 0 Å². The molecule has 0 amide bonds. The van der Waals surface area contributed by atoms with Gasteiger partial charge in [0.05, 0.1) is 0 Å². The van der Waals surface area contributed by atoms with Crippen molar-refractivity contribution < 1.29 is 0 Å². The van der Waals surface area contributed by atoms with Crippen LogP contribution in [0.2, 0.25) is 5.02 Å². The summed E-state index contributed by atoms with van der Waals surface area (Å²) >= 11 is 9.52. The Labute approximate surface area is 157 Å². The summed E-state index contributed by atoms with van der Waals surface area (Å²) in [6.07, 6.45) is 5.25. The zero-order chi connectivity index (χ0) is 16.8. The average Bonchev–Trinajstić information content (AvgIpc) is 2.52. The zero-order valence-electron chi connectivity index (χ0n) is 13.6. The van der Waals surface area contributed by atoms with Crippen molar-refractivity contribution in [3.63, 3.8) is 0 Å². The van der Waals surface area contributed by atoms with Gasteiger partial charge < -0.3 is 10.6 Å². The zero-order valence-corrected chi connectivity index (χ0v) is 15.9. The van der Waals surface area contributed by atoms with Gasteiger partial charge in [0, 0.05) is 35.7 Å². The molecular formula is C20H22BrClN2. The maximum Gasteiger partial charge on any atom is 0.0417 e. The van der Waals surface area contributed by atoms with Crippen molar-refractivity contribution in [2.45, 2.75) is 13.0 Å². The molecule has 126 valence electrons. The van der Waals surface area contributed by atoms with E-state index >= 15 is 0 Å². The number of hydrogen-bond donors (Lipinski definition) is 2. The van der Waals surface area contributed by atoms with E-state index in [1.165, 1.54) is 11.1 Å². The highest BCUT2D eigenvalue weighted by atomic mass is 79.9. The molecule has 2 aromatic rings. The van der Waals surface area contributed by atoms with Crippen LogP contribution < -0.4 is 10.6 Å². The Kier molecular flexibility index (Phi) is 6.50. The molecule has 4 heteroatoms. The van der Waals surface area contributed by atoms with E-state index in [2.05, 4.69) is 63.0 Å². The van der Waals surface area contributed by atoms with E-state index in [4.69, 9.17) is 11.6 Å². The van der Waals surface area contributed by atoms with Gasteiger partial charge in [0.1, 0.15) is 0 Å². The molecule has 0 saturated carbocycles. The third kappa shape index (κ3) is 5.18. The standard InChI is InChI=1S/C20H22BrClN2/c21-20-10-19(22)8-7-18(20)6-2-4-15-3-1-5-16(9-15)11-23-12-17-13-24-14-17/h1-3,5-10,17,23-24H,4,11-14H2/b6-2-. The van der Waals surface area contributed by atoms with Gasteiger partial charge in [0.2, 0.25) is 0 Å². The first-order valence-corrected chi connectivity index (χ1v) is 9.48. The molecule has 0 aromatic heterocycles. The van der Waals surface area contributed by atoms with Crippen LogP contribution in [0, 0.1) is 5.92 Å². The molecule has 2 nitrogen and oxygen atoms in total. The van der Waals surface area contributed by atoms with Crippen LogP contribution in [0.4, 0.5) is 0 Å². The van der Waals surface area contributed by atoms with Gasteiger partial charge in [-0.05, 0) is 41.2 Å². The Bertz CT molecular complexity index is 711. The van der Waals surface area contributed by atoms with Crippen LogP contribution in [0.15, 0.2) is 53.0 Å². The fourth-order valence-corrected chi connectivity index (χ4v) is 3.55. The average molecular weight is 406 g/mol. The molecule has 2 aromatic carbocycles. The van der Waals surface area contributed by atoms with Gasteiger partial charge in [-0.1, -0.05) is 70.0 Å². The van der Waals surface area contributed by atoms with Crippen LogP contribution in [0.1, 0.15) is 16.7 Å². The molecule has 1 aliphatic rings. The SMILES string of the molecule is Clc1ccc(/C=C\Cc2cccc(CNCC3CNC3)c2)c(Br)c1. The highest BCUT2D eigenvalue weighted by Crippen LogP contribution is 2.22. The van der Waals surface area contributed by atoms with E-state index in [0.29, 0.717) is 0 Å². The Morgan fingerprint density at radius 3 is 2.75 bits per heavy atom. The summed E-state index contributed by atoms with van der Waals surface area (Å²) in [5.41, 5.74) is 3.83. The van der Waals surface area contributed by atoms with Gasteiger partial charge in [-0.2, -0.15) is 0 Å². The smallest absolute Gasteiger partial charge is 0.0417 e. The number of nitrogens with one attached hydrogen (secondary N) is 2. The molecule has 1 heterocycles. The topological polar surface area (TPSA) is 24.1 Å². The normalized spacial score (nSPS) is 14.9. The van der Waals surface area contributed by atoms with Crippen LogP contribution in [-0.4, -0.2) is 19.6 Å². The summed E-state index contributed by atoms with van der Waals surface area (Å²) in [6.45, 7) is 4.34. The van der Waals surface area contributed by atoms with E-state index in [1.807, 2.05) is 18.2 Å². The summed E-state index contributed by atoms with van der Waals surface area (Å²) in [7, 11) is 0. The number of allylic oxidation sites excluding steroid dienone is 1.